The second kappa shape index (κ2) is 6.82. The van der Waals surface area contributed by atoms with E-state index >= 15 is 0 Å². The predicted octanol–water partition coefficient (Wildman–Crippen LogP) is 3.13. The summed E-state index contributed by atoms with van der Waals surface area (Å²) < 4.78 is 31.0. The lowest BCUT2D eigenvalue weighted by molar-refractivity contribution is 0.412. The molecule has 108 valence electrons. The minimum absolute atomic E-state index is 0.416. The third-order valence-corrected chi connectivity index (χ3v) is 3.03. The van der Waals surface area contributed by atoms with Crippen molar-refractivity contribution in [1.82, 2.24) is 5.32 Å². The first-order chi connectivity index (χ1) is 10.1. The maximum atomic E-state index is 13.1. The first-order valence-corrected chi connectivity index (χ1v) is 6.35. The van der Waals surface area contributed by atoms with Gasteiger partial charge in [0.15, 0.2) is 11.6 Å². The SMILES string of the molecule is COc1cc(CNCc2ccc(F)c(F)c2)ccc1C#N. The van der Waals surface area contributed by atoms with Crippen molar-refractivity contribution in [1.29, 1.82) is 5.26 Å². The summed E-state index contributed by atoms with van der Waals surface area (Å²) in [7, 11) is 1.51. The van der Waals surface area contributed by atoms with Crippen molar-refractivity contribution in [2.45, 2.75) is 13.1 Å². The molecule has 0 bridgehead atoms. The van der Waals surface area contributed by atoms with Gasteiger partial charge in [-0.05, 0) is 35.4 Å². The summed E-state index contributed by atoms with van der Waals surface area (Å²) in [5, 5.41) is 12.0. The molecule has 0 aliphatic carbocycles. The normalized spacial score (nSPS) is 10.2. The van der Waals surface area contributed by atoms with Gasteiger partial charge in [0.25, 0.3) is 0 Å². The highest BCUT2D eigenvalue weighted by Crippen LogP contribution is 2.19. The molecule has 21 heavy (non-hydrogen) atoms. The zero-order valence-corrected chi connectivity index (χ0v) is 11.5. The fourth-order valence-corrected chi connectivity index (χ4v) is 1.94. The molecule has 0 spiro atoms. The summed E-state index contributed by atoms with van der Waals surface area (Å²) in [6.07, 6.45) is 0. The van der Waals surface area contributed by atoms with Crippen molar-refractivity contribution in [3.63, 3.8) is 0 Å². The zero-order chi connectivity index (χ0) is 15.2. The van der Waals surface area contributed by atoms with Crippen LogP contribution in [0.3, 0.4) is 0 Å². The van der Waals surface area contributed by atoms with Crippen molar-refractivity contribution >= 4 is 0 Å². The maximum absolute atomic E-state index is 13.1. The van der Waals surface area contributed by atoms with Gasteiger partial charge in [-0.15, -0.1) is 0 Å². The van der Waals surface area contributed by atoms with Gasteiger partial charge in [0.1, 0.15) is 11.8 Å². The van der Waals surface area contributed by atoms with Crippen molar-refractivity contribution < 1.29 is 13.5 Å². The molecule has 0 aliphatic heterocycles. The number of nitrogens with one attached hydrogen (secondary N) is 1. The molecule has 2 aromatic carbocycles. The third-order valence-electron chi connectivity index (χ3n) is 3.03. The Morgan fingerprint density at radius 1 is 1.05 bits per heavy atom. The molecule has 3 nitrogen and oxygen atoms in total. The van der Waals surface area contributed by atoms with Gasteiger partial charge in [-0.2, -0.15) is 5.26 Å². The predicted molar refractivity (Wildman–Crippen MR) is 74.6 cm³/mol. The monoisotopic (exact) mass is 288 g/mol. The summed E-state index contributed by atoms with van der Waals surface area (Å²) in [5.41, 5.74) is 2.07. The molecule has 0 saturated carbocycles. The van der Waals surface area contributed by atoms with Crippen LogP contribution in [0.2, 0.25) is 0 Å². The highest BCUT2D eigenvalue weighted by atomic mass is 19.2. The van der Waals surface area contributed by atoms with Gasteiger partial charge in [-0.1, -0.05) is 12.1 Å². The number of nitrogens with zero attached hydrogens (tertiary/aromatic N) is 1. The molecule has 0 unspecified atom stereocenters. The first-order valence-electron chi connectivity index (χ1n) is 6.35. The van der Waals surface area contributed by atoms with Gasteiger partial charge in [-0.3, -0.25) is 0 Å². The zero-order valence-electron chi connectivity index (χ0n) is 11.5. The second-order valence-corrected chi connectivity index (χ2v) is 4.50. The Hall–Kier alpha value is -2.45. The minimum Gasteiger partial charge on any atom is -0.495 e. The standard InChI is InChI=1S/C16H14F2N2O/c1-21-16-7-12(2-4-13(16)8-19)10-20-9-11-3-5-14(17)15(18)6-11/h2-7,20H,9-10H2,1H3. The van der Waals surface area contributed by atoms with Gasteiger partial charge in [0.05, 0.1) is 12.7 Å². The van der Waals surface area contributed by atoms with E-state index in [4.69, 9.17) is 10.00 Å². The van der Waals surface area contributed by atoms with Crippen LogP contribution < -0.4 is 10.1 Å². The van der Waals surface area contributed by atoms with E-state index in [2.05, 4.69) is 5.32 Å². The molecule has 1 N–H and O–H groups in total. The van der Waals surface area contributed by atoms with Crippen LogP contribution in [0.1, 0.15) is 16.7 Å². The molecule has 5 heteroatoms. The van der Waals surface area contributed by atoms with E-state index < -0.39 is 11.6 Å². The van der Waals surface area contributed by atoms with E-state index in [0.29, 0.717) is 30.0 Å². The van der Waals surface area contributed by atoms with E-state index in [1.54, 1.807) is 12.1 Å². The van der Waals surface area contributed by atoms with Gasteiger partial charge < -0.3 is 10.1 Å². The first kappa shape index (κ1) is 14.9. The molecule has 0 radical (unpaired) electrons. The quantitative estimate of drug-likeness (QED) is 0.919. The smallest absolute Gasteiger partial charge is 0.159 e. The Balaban J connectivity index is 1.97. The molecule has 0 fully saturated rings. The second-order valence-electron chi connectivity index (χ2n) is 4.50. The van der Waals surface area contributed by atoms with Crippen LogP contribution in [0.5, 0.6) is 5.75 Å². The molecule has 0 aliphatic rings. The number of halogens is 2. The number of methoxy groups -OCH3 is 1. The molecule has 2 aromatic rings. The van der Waals surface area contributed by atoms with Crippen molar-refractivity contribution in [3.8, 4) is 11.8 Å². The van der Waals surface area contributed by atoms with E-state index in [0.717, 1.165) is 11.6 Å². The van der Waals surface area contributed by atoms with Crippen LogP contribution in [-0.2, 0) is 13.1 Å². The highest BCUT2D eigenvalue weighted by Gasteiger charge is 2.05. The summed E-state index contributed by atoms with van der Waals surface area (Å²) in [4.78, 5) is 0. The van der Waals surface area contributed by atoms with Crippen LogP contribution in [0.4, 0.5) is 8.78 Å². The number of hydrogen-bond donors (Lipinski definition) is 1. The molecule has 0 aromatic heterocycles. The number of hydrogen-bond acceptors (Lipinski definition) is 3. The molecule has 0 saturated heterocycles. The number of nitriles is 1. The van der Waals surface area contributed by atoms with Gasteiger partial charge in [-0.25, -0.2) is 8.78 Å². The Morgan fingerprint density at radius 2 is 1.71 bits per heavy atom. The van der Waals surface area contributed by atoms with Crippen molar-refractivity contribution in [2.75, 3.05) is 7.11 Å². The fraction of sp³-hybridized carbons (Fsp3) is 0.188. The summed E-state index contributed by atoms with van der Waals surface area (Å²) in [5.74, 6) is -1.19. The number of ether oxygens (including phenoxy) is 1. The van der Waals surface area contributed by atoms with E-state index in [9.17, 15) is 8.78 Å². The molecule has 0 heterocycles. The van der Waals surface area contributed by atoms with Crippen molar-refractivity contribution in [3.05, 3.63) is 64.7 Å². The lowest BCUT2D eigenvalue weighted by Gasteiger charge is -2.08. The van der Waals surface area contributed by atoms with Crippen LogP contribution >= 0.6 is 0 Å². The molecule has 2 rings (SSSR count). The van der Waals surface area contributed by atoms with Crippen LogP contribution in [-0.4, -0.2) is 7.11 Å². The van der Waals surface area contributed by atoms with E-state index in [1.807, 2.05) is 12.1 Å². The van der Waals surface area contributed by atoms with E-state index in [1.165, 1.54) is 19.2 Å². The molecular weight excluding hydrogens is 274 g/mol. The largest absolute Gasteiger partial charge is 0.495 e. The van der Waals surface area contributed by atoms with Gasteiger partial charge in [0, 0.05) is 13.1 Å². The summed E-state index contributed by atoms with van der Waals surface area (Å²) >= 11 is 0. The van der Waals surface area contributed by atoms with Crippen LogP contribution in [0.25, 0.3) is 0 Å². The lowest BCUT2D eigenvalue weighted by atomic mass is 10.1. The Kier molecular flexibility index (Phi) is 4.85. The third kappa shape index (κ3) is 3.77. The highest BCUT2D eigenvalue weighted by molar-refractivity contribution is 5.45. The molecular formula is C16H14F2N2O. The average Bonchev–Trinajstić information content (AvgIpc) is 2.50. The summed E-state index contributed by atoms with van der Waals surface area (Å²) in [6, 6.07) is 11.1. The van der Waals surface area contributed by atoms with Crippen LogP contribution in [0, 0.1) is 23.0 Å². The molecule has 0 atom stereocenters. The van der Waals surface area contributed by atoms with E-state index in [-0.39, 0.29) is 0 Å². The molecule has 0 amide bonds. The average molecular weight is 288 g/mol. The lowest BCUT2D eigenvalue weighted by Crippen LogP contribution is -2.13. The number of benzene rings is 2. The van der Waals surface area contributed by atoms with Crippen LogP contribution in [0.15, 0.2) is 36.4 Å². The fourth-order valence-electron chi connectivity index (χ4n) is 1.94. The maximum Gasteiger partial charge on any atom is 0.159 e. The van der Waals surface area contributed by atoms with Crippen molar-refractivity contribution in [2.24, 2.45) is 0 Å². The Bertz CT molecular complexity index is 680. The van der Waals surface area contributed by atoms with Gasteiger partial charge >= 0.3 is 0 Å². The topological polar surface area (TPSA) is 45.0 Å². The number of rotatable bonds is 5. The Labute approximate surface area is 121 Å². The summed E-state index contributed by atoms with van der Waals surface area (Å²) in [6.45, 7) is 0.945. The minimum atomic E-state index is -0.852. The van der Waals surface area contributed by atoms with Gasteiger partial charge in [0.2, 0.25) is 0 Å². The Morgan fingerprint density at radius 3 is 2.33 bits per heavy atom.